The van der Waals surface area contributed by atoms with E-state index in [9.17, 15) is 4.79 Å². The number of rotatable bonds is 11. The zero-order valence-corrected chi connectivity index (χ0v) is 21.8. The predicted octanol–water partition coefficient (Wildman–Crippen LogP) is 7.04. The Hall–Kier alpha value is -3.44. The molecule has 1 aromatic heterocycles. The number of carbonyl (C=O) groups is 1. The number of fused-ring (bicyclic) bond motifs is 1. The first-order chi connectivity index (χ1) is 17.4. The van der Waals surface area contributed by atoms with Crippen molar-refractivity contribution in [3.8, 4) is 5.75 Å². The zero-order valence-electron chi connectivity index (χ0n) is 21.1. The van der Waals surface area contributed by atoms with E-state index in [0.717, 1.165) is 51.5 Å². The van der Waals surface area contributed by atoms with Gasteiger partial charge in [-0.2, -0.15) is 0 Å². The lowest BCUT2D eigenvalue weighted by Crippen LogP contribution is -2.25. The van der Waals surface area contributed by atoms with Crippen molar-refractivity contribution < 1.29 is 18.7 Å². The number of aryl methyl sites for hydroxylation is 2. The van der Waals surface area contributed by atoms with Gasteiger partial charge >= 0.3 is 0 Å². The fourth-order valence-electron chi connectivity index (χ4n) is 4.50. The number of nitrogens with one attached hydrogen (secondary N) is 1. The largest absolute Gasteiger partial charge is 0.494 e. The predicted molar refractivity (Wildman–Crippen MR) is 144 cm³/mol. The van der Waals surface area contributed by atoms with E-state index < -0.39 is 0 Å². The van der Waals surface area contributed by atoms with E-state index in [2.05, 4.69) is 24.0 Å². The molecular weight excluding hydrogens is 474 g/mol. The van der Waals surface area contributed by atoms with Crippen molar-refractivity contribution in [1.82, 2.24) is 5.32 Å². The van der Waals surface area contributed by atoms with Crippen LogP contribution < -0.4 is 10.1 Å². The summed E-state index contributed by atoms with van der Waals surface area (Å²) in [4.78, 5) is 13.2. The maximum atomic E-state index is 13.2. The van der Waals surface area contributed by atoms with Gasteiger partial charge in [0.05, 0.1) is 19.8 Å². The SMILES string of the molecule is C=C(OCC)c1ccc(CNC(=O)C2=C(CCCOc3cc(C)c(Cl)c(C)c3)c3ccccc3C2)o1. The number of allylic oxidation sites excluding steroid dienone is 1. The minimum absolute atomic E-state index is 0.0762. The third kappa shape index (κ3) is 5.85. The van der Waals surface area contributed by atoms with Gasteiger partial charge in [0.1, 0.15) is 11.5 Å². The Morgan fingerprint density at radius 2 is 1.89 bits per heavy atom. The summed E-state index contributed by atoms with van der Waals surface area (Å²) in [5, 5.41) is 3.79. The third-order valence-corrected chi connectivity index (χ3v) is 6.87. The van der Waals surface area contributed by atoms with Crippen molar-refractivity contribution in [2.75, 3.05) is 13.2 Å². The van der Waals surface area contributed by atoms with Gasteiger partial charge in [0.25, 0.3) is 0 Å². The second-order valence-electron chi connectivity index (χ2n) is 8.92. The Bertz CT molecular complexity index is 1280. The van der Waals surface area contributed by atoms with Crippen molar-refractivity contribution >= 4 is 28.8 Å². The Balaban J connectivity index is 1.40. The molecule has 2 aromatic carbocycles. The Labute approximate surface area is 217 Å². The van der Waals surface area contributed by atoms with E-state index in [1.807, 2.05) is 51.1 Å². The molecule has 0 radical (unpaired) electrons. The Morgan fingerprint density at radius 1 is 1.14 bits per heavy atom. The molecule has 0 saturated carbocycles. The number of halogens is 1. The number of carbonyl (C=O) groups excluding carboxylic acids is 1. The van der Waals surface area contributed by atoms with E-state index in [1.165, 1.54) is 5.56 Å². The molecule has 1 N–H and O–H groups in total. The van der Waals surface area contributed by atoms with Gasteiger partial charge in [-0.25, -0.2) is 0 Å². The highest BCUT2D eigenvalue weighted by Crippen LogP contribution is 2.36. The molecule has 4 rings (SSSR count). The second kappa shape index (κ2) is 11.5. The maximum absolute atomic E-state index is 13.2. The molecule has 3 aromatic rings. The molecule has 0 unspecified atom stereocenters. The maximum Gasteiger partial charge on any atom is 0.248 e. The van der Waals surface area contributed by atoms with E-state index in [4.69, 9.17) is 25.5 Å². The topological polar surface area (TPSA) is 60.7 Å². The van der Waals surface area contributed by atoms with Gasteiger partial charge in [-0.3, -0.25) is 4.79 Å². The lowest BCUT2D eigenvalue weighted by atomic mass is 10.0. The average molecular weight is 506 g/mol. The van der Waals surface area contributed by atoms with E-state index in [0.29, 0.717) is 43.5 Å². The molecule has 0 spiro atoms. The number of hydrogen-bond acceptors (Lipinski definition) is 4. The summed E-state index contributed by atoms with van der Waals surface area (Å²) >= 11 is 6.27. The minimum Gasteiger partial charge on any atom is -0.494 e. The van der Waals surface area contributed by atoms with Crippen LogP contribution in [0, 0.1) is 13.8 Å². The van der Waals surface area contributed by atoms with Crippen LogP contribution in [0.15, 0.2) is 65.1 Å². The number of benzene rings is 2. The zero-order chi connectivity index (χ0) is 25.7. The van der Waals surface area contributed by atoms with Gasteiger partial charge in [0.15, 0.2) is 11.5 Å². The monoisotopic (exact) mass is 505 g/mol. The number of hydrogen-bond donors (Lipinski definition) is 1. The minimum atomic E-state index is -0.0762. The Morgan fingerprint density at radius 3 is 2.64 bits per heavy atom. The van der Waals surface area contributed by atoms with Gasteiger partial charge in [-0.1, -0.05) is 42.4 Å². The quantitative estimate of drug-likeness (QED) is 0.224. The fourth-order valence-corrected chi connectivity index (χ4v) is 4.61. The number of ether oxygens (including phenoxy) is 2. The van der Waals surface area contributed by atoms with Gasteiger partial charge in [-0.05, 0) is 85.7 Å². The summed E-state index contributed by atoms with van der Waals surface area (Å²) in [6.45, 7) is 11.1. The van der Waals surface area contributed by atoms with Crippen LogP contribution >= 0.6 is 11.6 Å². The lowest BCUT2D eigenvalue weighted by molar-refractivity contribution is -0.117. The lowest BCUT2D eigenvalue weighted by Gasteiger charge is -2.12. The molecule has 5 nitrogen and oxygen atoms in total. The molecule has 1 aliphatic carbocycles. The molecule has 1 aliphatic rings. The molecule has 0 aliphatic heterocycles. The highest BCUT2D eigenvalue weighted by molar-refractivity contribution is 6.32. The summed E-state index contributed by atoms with van der Waals surface area (Å²) in [6, 6.07) is 15.8. The van der Waals surface area contributed by atoms with Crippen molar-refractivity contribution in [3.05, 3.63) is 99.5 Å². The van der Waals surface area contributed by atoms with Crippen molar-refractivity contribution in [3.63, 3.8) is 0 Å². The van der Waals surface area contributed by atoms with Crippen molar-refractivity contribution in [2.45, 2.75) is 46.6 Å². The molecule has 1 amide bonds. The first-order valence-electron chi connectivity index (χ1n) is 12.3. The van der Waals surface area contributed by atoms with E-state index >= 15 is 0 Å². The molecule has 188 valence electrons. The van der Waals surface area contributed by atoms with Crippen LogP contribution in [-0.2, 0) is 22.5 Å². The Kier molecular flexibility index (Phi) is 8.21. The molecule has 0 atom stereocenters. The summed E-state index contributed by atoms with van der Waals surface area (Å²) in [5.41, 5.74) is 6.22. The molecule has 6 heteroatoms. The second-order valence-corrected chi connectivity index (χ2v) is 9.30. The summed E-state index contributed by atoms with van der Waals surface area (Å²) in [7, 11) is 0. The van der Waals surface area contributed by atoms with Crippen LogP contribution in [0.1, 0.15) is 53.5 Å². The summed E-state index contributed by atoms with van der Waals surface area (Å²) in [5.74, 6) is 2.45. The van der Waals surface area contributed by atoms with E-state index in [-0.39, 0.29) is 5.91 Å². The molecule has 1 heterocycles. The van der Waals surface area contributed by atoms with Gasteiger partial charge < -0.3 is 19.2 Å². The van der Waals surface area contributed by atoms with Gasteiger partial charge in [0, 0.05) is 17.0 Å². The van der Waals surface area contributed by atoms with Crippen molar-refractivity contribution in [2.24, 2.45) is 0 Å². The van der Waals surface area contributed by atoms with Crippen LogP contribution in [0.25, 0.3) is 11.3 Å². The van der Waals surface area contributed by atoms with Crippen LogP contribution in [0.4, 0.5) is 0 Å². The van der Waals surface area contributed by atoms with E-state index in [1.54, 1.807) is 6.07 Å². The highest BCUT2D eigenvalue weighted by Gasteiger charge is 2.25. The summed E-state index contributed by atoms with van der Waals surface area (Å²) < 4.78 is 17.2. The van der Waals surface area contributed by atoms with Crippen LogP contribution in [-0.4, -0.2) is 19.1 Å². The number of amides is 1. The standard InChI is InChI=1S/C30H32ClNO4/c1-5-34-21(4)28-13-12-23(36-28)18-32-30(33)27-17-22-9-6-7-10-25(22)26(27)11-8-14-35-24-15-19(2)29(31)20(3)16-24/h6-7,9-10,12-13,15-16H,4-5,8,11,14,17-18H2,1-3H3,(H,32,33). The van der Waals surface area contributed by atoms with Crippen LogP contribution in [0.3, 0.4) is 0 Å². The van der Waals surface area contributed by atoms with Crippen molar-refractivity contribution in [1.29, 1.82) is 0 Å². The normalized spacial score (nSPS) is 12.4. The molecule has 0 saturated heterocycles. The third-order valence-electron chi connectivity index (χ3n) is 6.28. The smallest absolute Gasteiger partial charge is 0.248 e. The number of furan rings is 1. The summed E-state index contributed by atoms with van der Waals surface area (Å²) in [6.07, 6.45) is 2.17. The fraction of sp³-hybridized carbons (Fsp3) is 0.300. The van der Waals surface area contributed by atoms with Gasteiger partial charge in [0.2, 0.25) is 5.91 Å². The average Bonchev–Trinajstić information content (AvgIpc) is 3.49. The highest BCUT2D eigenvalue weighted by atomic mass is 35.5. The molecule has 0 fully saturated rings. The van der Waals surface area contributed by atoms with Crippen LogP contribution in [0.5, 0.6) is 5.75 Å². The molecular formula is C30H32ClNO4. The molecule has 0 bridgehead atoms. The van der Waals surface area contributed by atoms with Gasteiger partial charge in [-0.15, -0.1) is 0 Å². The first kappa shape index (κ1) is 25.6. The van der Waals surface area contributed by atoms with Crippen LogP contribution in [0.2, 0.25) is 5.02 Å². The molecule has 36 heavy (non-hydrogen) atoms. The first-order valence-corrected chi connectivity index (χ1v) is 12.6.